The number of aryl methyl sites for hydroxylation is 2. The molecule has 0 atom stereocenters. The lowest BCUT2D eigenvalue weighted by Gasteiger charge is -2.37. The zero-order chi connectivity index (χ0) is 29.1. The Morgan fingerprint density at radius 2 is 1.59 bits per heavy atom. The van der Waals surface area contributed by atoms with Crippen molar-refractivity contribution in [2.75, 3.05) is 24.5 Å². The number of carbonyl (C=O) groups excluding carboxylic acids is 1. The van der Waals surface area contributed by atoms with E-state index in [0.29, 0.717) is 30.6 Å². The van der Waals surface area contributed by atoms with Crippen LogP contribution in [0.3, 0.4) is 0 Å². The van der Waals surface area contributed by atoms with Crippen molar-refractivity contribution in [1.82, 2.24) is 4.90 Å². The van der Waals surface area contributed by atoms with Gasteiger partial charge < -0.3 is 9.84 Å². The number of halogens is 2. The molecule has 0 saturated carbocycles. The molecule has 0 unspecified atom stereocenters. The first-order valence-electron chi connectivity index (χ1n) is 14.4. The summed E-state index contributed by atoms with van der Waals surface area (Å²) in [6.45, 7) is 6.91. The summed E-state index contributed by atoms with van der Waals surface area (Å²) >= 11 is 0. The zero-order valence-corrected chi connectivity index (χ0v) is 23.6. The molecule has 0 aliphatic carbocycles. The maximum Gasteiger partial charge on any atom is 0.415 e. The summed E-state index contributed by atoms with van der Waals surface area (Å²) in [5, 5.41) is 9.15. The number of aromatic carboxylic acids is 1. The SMILES string of the molecule is CCCc1cc(CN2CCC3(CC2)CN(c2ccc(C(=O)O)cc2)C(=O)O3)cc(CCC)c1-c1ccc(F)cc1F. The first-order chi connectivity index (χ1) is 19.7. The van der Waals surface area contributed by atoms with E-state index in [0.717, 1.165) is 68.1 Å². The molecule has 41 heavy (non-hydrogen) atoms. The maximum absolute atomic E-state index is 14.9. The molecule has 3 aromatic carbocycles. The Hall–Kier alpha value is -3.78. The van der Waals surface area contributed by atoms with Gasteiger partial charge in [0.2, 0.25) is 0 Å². The summed E-state index contributed by atoms with van der Waals surface area (Å²) in [6.07, 6.45) is 4.43. The highest BCUT2D eigenvalue weighted by Crippen LogP contribution is 2.37. The van der Waals surface area contributed by atoms with Gasteiger partial charge in [-0.1, -0.05) is 38.8 Å². The van der Waals surface area contributed by atoms with Gasteiger partial charge in [0.05, 0.1) is 12.1 Å². The average molecular weight is 563 g/mol. The van der Waals surface area contributed by atoms with Crippen molar-refractivity contribution in [3.63, 3.8) is 0 Å². The van der Waals surface area contributed by atoms with E-state index in [1.807, 2.05) is 0 Å². The first-order valence-corrected chi connectivity index (χ1v) is 14.4. The minimum absolute atomic E-state index is 0.171. The molecule has 1 amide bonds. The van der Waals surface area contributed by atoms with Gasteiger partial charge in [-0.25, -0.2) is 18.4 Å². The van der Waals surface area contributed by atoms with Crippen molar-refractivity contribution in [2.24, 2.45) is 0 Å². The van der Waals surface area contributed by atoms with Crippen molar-refractivity contribution in [1.29, 1.82) is 0 Å². The quantitative estimate of drug-likeness (QED) is 0.298. The maximum atomic E-state index is 14.9. The highest BCUT2D eigenvalue weighted by molar-refractivity contribution is 5.92. The molecule has 1 spiro atoms. The molecule has 216 valence electrons. The van der Waals surface area contributed by atoms with E-state index in [9.17, 15) is 18.4 Å². The lowest BCUT2D eigenvalue weighted by Crippen LogP contribution is -2.46. The van der Waals surface area contributed by atoms with Crippen molar-refractivity contribution in [2.45, 2.75) is 64.5 Å². The number of piperidine rings is 1. The number of hydrogen-bond acceptors (Lipinski definition) is 4. The lowest BCUT2D eigenvalue weighted by atomic mass is 9.87. The largest absolute Gasteiger partial charge is 0.478 e. The second-order valence-electron chi connectivity index (χ2n) is 11.2. The standard InChI is InChI=1S/C33H36F2N2O4/c1-3-5-24-17-22(18-25(6-4-2)30(24)28-12-9-26(34)19-29(28)35)20-36-15-13-33(14-16-36)21-37(32(40)41-33)27-10-7-23(8-11-27)31(38)39/h7-12,17-19H,3-6,13-16,20-21H2,1-2H3,(H,38,39). The number of hydrogen-bond donors (Lipinski definition) is 1. The molecule has 3 aromatic rings. The highest BCUT2D eigenvalue weighted by Gasteiger charge is 2.47. The van der Waals surface area contributed by atoms with E-state index in [1.54, 1.807) is 23.1 Å². The van der Waals surface area contributed by atoms with Gasteiger partial charge in [0.15, 0.2) is 0 Å². The Bertz CT molecular complexity index is 1400. The number of amides is 1. The third-order valence-electron chi connectivity index (χ3n) is 8.17. The van der Waals surface area contributed by atoms with Crippen LogP contribution in [0.25, 0.3) is 11.1 Å². The Balaban J connectivity index is 1.31. The van der Waals surface area contributed by atoms with E-state index in [4.69, 9.17) is 9.84 Å². The molecule has 0 bridgehead atoms. The average Bonchev–Trinajstić information content (AvgIpc) is 3.26. The minimum atomic E-state index is -1.01. The molecule has 8 heteroatoms. The zero-order valence-electron chi connectivity index (χ0n) is 23.6. The van der Waals surface area contributed by atoms with E-state index in [-0.39, 0.29) is 5.56 Å². The van der Waals surface area contributed by atoms with Crippen LogP contribution >= 0.6 is 0 Å². The van der Waals surface area contributed by atoms with Gasteiger partial charge in [0.1, 0.15) is 17.2 Å². The number of nitrogens with zero attached hydrogens (tertiary/aromatic N) is 2. The molecule has 1 N–H and O–H groups in total. The Labute approximate surface area is 239 Å². The first kappa shape index (κ1) is 28.7. The smallest absolute Gasteiger partial charge is 0.415 e. The van der Waals surface area contributed by atoms with Crippen molar-refractivity contribution < 1.29 is 28.2 Å². The Kier molecular flexibility index (Phi) is 8.40. The van der Waals surface area contributed by atoms with Crippen LogP contribution in [0.15, 0.2) is 54.6 Å². The number of anilines is 1. The second-order valence-corrected chi connectivity index (χ2v) is 11.2. The van der Waals surface area contributed by atoms with Crippen LogP contribution in [0, 0.1) is 11.6 Å². The summed E-state index contributed by atoms with van der Waals surface area (Å²) in [5.74, 6) is -2.12. The van der Waals surface area contributed by atoms with Gasteiger partial charge in [-0.3, -0.25) is 9.80 Å². The molecule has 0 radical (unpaired) electrons. The number of ether oxygens (including phenoxy) is 1. The van der Waals surface area contributed by atoms with Gasteiger partial charge in [-0.05, 0) is 71.5 Å². The minimum Gasteiger partial charge on any atom is -0.478 e. The number of benzene rings is 3. The summed E-state index contributed by atoms with van der Waals surface area (Å²) < 4.78 is 34.5. The fourth-order valence-corrected chi connectivity index (χ4v) is 6.15. The van der Waals surface area contributed by atoms with Crippen LogP contribution in [0.5, 0.6) is 0 Å². The lowest BCUT2D eigenvalue weighted by molar-refractivity contribution is -0.000989. The molecule has 2 aliphatic heterocycles. The number of rotatable bonds is 9. The van der Waals surface area contributed by atoms with Crippen LogP contribution in [0.1, 0.15) is 66.6 Å². The monoisotopic (exact) mass is 562 g/mol. The van der Waals surface area contributed by atoms with Crippen LogP contribution in [-0.2, 0) is 24.1 Å². The predicted octanol–water partition coefficient (Wildman–Crippen LogP) is 7.23. The van der Waals surface area contributed by atoms with Gasteiger partial charge in [-0.15, -0.1) is 0 Å². The van der Waals surface area contributed by atoms with E-state index >= 15 is 0 Å². The molecular formula is C33H36F2N2O4. The van der Waals surface area contributed by atoms with Crippen molar-refractivity contribution >= 4 is 17.7 Å². The van der Waals surface area contributed by atoms with Crippen LogP contribution < -0.4 is 4.90 Å². The van der Waals surface area contributed by atoms with Gasteiger partial charge in [-0.2, -0.15) is 0 Å². The van der Waals surface area contributed by atoms with E-state index < -0.39 is 29.3 Å². The fraction of sp³-hybridized carbons (Fsp3) is 0.394. The molecule has 0 aromatic heterocycles. The molecule has 2 fully saturated rings. The summed E-state index contributed by atoms with van der Waals surface area (Å²) in [5.41, 5.74) is 4.92. The topological polar surface area (TPSA) is 70.1 Å². The van der Waals surface area contributed by atoms with Crippen LogP contribution in [0.2, 0.25) is 0 Å². The normalized spacial score (nSPS) is 16.8. The fourth-order valence-electron chi connectivity index (χ4n) is 6.15. The molecule has 2 heterocycles. The molecule has 6 nitrogen and oxygen atoms in total. The molecular weight excluding hydrogens is 526 g/mol. The number of carbonyl (C=O) groups is 2. The summed E-state index contributed by atoms with van der Waals surface area (Å²) in [6, 6.07) is 14.4. The third-order valence-corrected chi connectivity index (χ3v) is 8.17. The Morgan fingerprint density at radius 3 is 2.15 bits per heavy atom. The number of carboxylic acid groups (broad SMARTS) is 1. The van der Waals surface area contributed by atoms with Crippen molar-refractivity contribution in [3.05, 3.63) is 88.5 Å². The van der Waals surface area contributed by atoms with Crippen LogP contribution in [0.4, 0.5) is 19.3 Å². The number of likely N-dealkylation sites (tertiary alicyclic amines) is 1. The van der Waals surface area contributed by atoms with E-state index in [1.165, 1.54) is 23.8 Å². The van der Waals surface area contributed by atoms with Gasteiger partial charge >= 0.3 is 12.1 Å². The molecule has 2 aliphatic rings. The third kappa shape index (κ3) is 6.12. The molecule has 5 rings (SSSR count). The Morgan fingerprint density at radius 1 is 0.951 bits per heavy atom. The predicted molar refractivity (Wildman–Crippen MR) is 154 cm³/mol. The van der Waals surface area contributed by atoms with E-state index in [2.05, 4.69) is 30.9 Å². The summed E-state index contributed by atoms with van der Waals surface area (Å²) in [7, 11) is 0. The number of carboxylic acids is 1. The van der Waals surface area contributed by atoms with Gasteiger partial charge in [0, 0.05) is 49.8 Å². The van der Waals surface area contributed by atoms with Crippen LogP contribution in [-0.4, -0.2) is 47.3 Å². The second kappa shape index (κ2) is 12.0. The molecule has 2 saturated heterocycles. The highest BCUT2D eigenvalue weighted by atomic mass is 19.1. The van der Waals surface area contributed by atoms with Gasteiger partial charge in [0.25, 0.3) is 0 Å². The van der Waals surface area contributed by atoms with Crippen molar-refractivity contribution in [3.8, 4) is 11.1 Å². The summed E-state index contributed by atoms with van der Waals surface area (Å²) in [4.78, 5) is 27.9.